The summed E-state index contributed by atoms with van der Waals surface area (Å²) in [6, 6.07) is 2.87. The smallest absolute Gasteiger partial charge is 0.340 e. The van der Waals surface area contributed by atoms with Gasteiger partial charge in [0.05, 0.1) is 53.4 Å². The molecule has 10 heteroatoms. The maximum Gasteiger partial charge on any atom is 0.340 e. The lowest BCUT2D eigenvalue weighted by molar-refractivity contribution is -0.119. The lowest BCUT2D eigenvalue weighted by Gasteiger charge is -2.38. The molecule has 1 saturated heterocycles. The molecular weight excluding hydrogens is 429 g/mol. The van der Waals surface area contributed by atoms with E-state index < -0.39 is 29.4 Å². The Kier molecular flexibility index (Phi) is 4.02. The first-order valence-corrected chi connectivity index (χ1v) is 10.8. The van der Waals surface area contributed by atoms with Crippen molar-refractivity contribution in [3.05, 3.63) is 53.0 Å². The molecule has 0 aromatic carbocycles. The van der Waals surface area contributed by atoms with Crippen molar-refractivity contribution >= 4 is 23.2 Å². The fraction of sp³-hybridized carbons (Fsp3) is 0.435. The van der Waals surface area contributed by atoms with Gasteiger partial charge < -0.3 is 14.8 Å². The molecule has 6 rings (SSSR count). The zero-order valence-electron chi connectivity index (χ0n) is 18.4. The van der Waals surface area contributed by atoms with Crippen molar-refractivity contribution < 1.29 is 23.5 Å². The molecule has 0 bridgehead atoms. The first kappa shape index (κ1) is 20.2. The molecule has 1 spiro atoms. The highest BCUT2D eigenvalue weighted by Crippen LogP contribution is 2.50. The number of cyclic esters (lactones) is 1. The number of nitrogens with one attached hydrogen (secondary N) is 1. The second-order valence-corrected chi connectivity index (χ2v) is 10.1. The topological polar surface area (TPSA) is 108 Å². The van der Waals surface area contributed by atoms with Crippen molar-refractivity contribution in [2.45, 2.75) is 44.6 Å². The number of hydrogen-bond acceptors (Lipinski definition) is 7. The van der Waals surface area contributed by atoms with Crippen LogP contribution < -0.4 is 5.32 Å². The molecule has 0 saturated carbocycles. The van der Waals surface area contributed by atoms with Gasteiger partial charge in [-0.1, -0.05) is 20.8 Å². The van der Waals surface area contributed by atoms with E-state index in [1.807, 2.05) is 20.8 Å². The molecule has 170 valence electrons. The molecular formula is C23H22FN5O4. The number of carbonyl (C=O) groups is 2. The third-order valence-corrected chi connectivity index (χ3v) is 6.69. The lowest BCUT2D eigenvalue weighted by Crippen LogP contribution is -2.46. The van der Waals surface area contributed by atoms with Gasteiger partial charge in [-0.25, -0.2) is 14.3 Å². The van der Waals surface area contributed by atoms with Crippen molar-refractivity contribution in [1.29, 1.82) is 0 Å². The van der Waals surface area contributed by atoms with Gasteiger partial charge in [-0.2, -0.15) is 4.39 Å². The van der Waals surface area contributed by atoms with Crippen LogP contribution in [0.5, 0.6) is 0 Å². The van der Waals surface area contributed by atoms with E-state index in [0.29, 0.717) is 47.8 Å². The van der Waals surface area contributed by atoms with Gasteiger partial charge in [0.1, 0.15) is 6.10 Å². The molecule has 2 aliphatic heterocycles. The average Bonchev–Trinajstić information content (AvgIpc) is 3.37. The number of nitrogens with zero attached hydrogens (tertiary/aromatic N) is 4. The Morgan fingerprint density at radius 2 is 2.03 bits per heavy atom. The van der Waals surface area contributed by atoms with E-state index in [1.165, 1.54) is 10.6 Å². The third-order valence-electron chi connectivity index (χ3n) is 6.69. The summed E-state index contributed by atoms with van der Waals surface area (Å²) >= 11 is 0. The Labute approximate surface area is 188 Å². The van der Waals surface area contributed by atoms with E-state index in [9.17, 15) is 14.0 Å². The van der Waals surface area contributed by atoms with Crippen LogP contribution in [0.3, 0.4) is 0 Å². The second kappa shape index (κ2) is 6.57. The number of aromatic nitrogens is 4. The SMILES string of the molecule is CC(C)(C)C1OC(=O)c2cc(NC(=O)C3CC4(COC4)c4c3cnc3cc(F)nn43)cnc21. The molecule has 1 N–H and O–H groups in total. The minimum Gasteiger partial charge on any atom is -0.452 e. The fourth-order valence-corrected chi connectivity index (χ4v) is 5.10. The summed E-state index contributed by atoms with van der Waals surface area (Å²) in [5.41, 5.74) is 2.52. The van der Waals surface area contributed by atoms with Crippen molar-refractivity contribution in [1.82, 2.24) is 19.6 Å². The normalized spacial score (nSPS) is 22.7. The number of ether oxygens (including phenoxy) is 2. The van der Waals surface area contributed by atoms with E-state index in [1.54, 1.807) is 18.5 Å². The number of amides is 1. The highest BCUT2D eigenvalue weighted by Gasteiger charge is 2.53. The minimum absolute atomic E-state index is 0.255. The first-order chi connectivity index (χ1) is 15.7. The van der Waals surface area contributed by atoms with E-state index >= 15 is 0 Å². The van der Waals surface area contributed by atoms with Gasteiger partial charge in [0.15, 0.2) is 5.65 Å². The van der Waals surface area contributed by atoms with Crippen LogP contribution in [0.25, 0.3) is 5.65 Å². The Bertz CT molecular complexity index is 1340. The summed E-state index contributed by atoms with van der Waals surface area (Å²) in [7, 11) is 0. The number of hydrogen-bond donors (Lipinski definition) is 1. The molecule has 9 nitrogen and oxygen atoms in total. The van der Waals surface area contributed by atoms with Crippen molar-refractivity contribution in [3.8, 4) is 0 Å². The summed E-state index contributed by atoms with van der Waals surface area (Å²) in [4.78, 5) is 34.4. The zero-order chi connectivity index (χ0) is 23.1. The molecule has 1 fully saturated rings. The van der Waals surface area contributed by atoms with Crippen LogP contribution in [-0.4, -0.2) is 44.7 Å². The van der Waals surface area contributed by atoms with E-state index in [4.69, 9.17) is 9.47 Å². The Morgan fingerprint density at radius 3 is 2.73 bits per heavy atom. The Morgan fingerprint density at radius 1 is 1.24 bits per heavy atom. The van der Waals surface area contributed by atoms with Crippen molar-refractivity contribution in [3.63, 3.8) is 0 Å². The molecule has 2 unspecified atom stereocenters. The molecule has 3 aromatic heterocycles. The van der Waals surface area contributed by atoms with Crippen LogP contribution in [0.2, 0.25) is 0 Å². The van der Waals surface area contributed by atoms with Gasteiger partial charge in [-0.05, 0) is 12.5 Å². The molecule has 2 atom stereocenters. The van der Waals surface area contributed by atoms with E-state index in [2.05, 4.69) is 20.4 Å². The Balaban J connectivity index is 1.32. The summed E-state index contributed by atoms with van der Waals surface area (Å²) in [6.45, 7) is 6.80. The lowest BCUT2D eigenvalue weighted by atomic mass is 9.82. The van der Waals surface area contributed by atoms with Gasteiger partial charge in [-0.3, -0.25) is 9.78 Å². The number of fused-ring (bicyclic) bond motifs is 5. The molecule has 3 aromatic rings. The maximum atomic E-state index is 13.8. The van der Waals surface area contributed by atoms with Gasteiger partial charge in [0.25, 0.3) is 0 Å². The summed E-state index contributed by atoms with van der Waals surface area (Å²) in [6.07, 6.45) is 3.23. The van der Waals surface area contributed by atoms with Gasteiger partial charge >= 0.3 is 5.97 Å². The number of rotatable bonds is 2. The van der Waals surface area contributed by atoms with Crippen LogP contribution in [0.4, 0.5) is 10.1 Å². The number of carbonyl (C=O) groups excluding carboxylic acids is 2. The van der Waals surface area contributed by atoms with E-state index in [0.717, 1.165) is 5.69 Å². The molecule has 1 aliphatic carbocycles. The molecule has 5 heterocycles. The van der Waals surface area contributed by atoms with Crippen LogP contribution in [0, 0.1) is 11.4 Å². The third kappa shape index (κ3) is 2.90. The molecule has 0 radical (unpaired) electrons. The fourth-order valence-electron chi connectivity index (χ4n) is 5.10. The first-order valence-electron chi connectivity index (χ1n) is 10.8. The van der Waals surface area contributed by atoms with E-state index in [-0.39, 0.29) is 11.3 Å². The molecule has 1 amide bonds. The largest absolute Gasteiger partial charge is 0.452 e. The van der Waals surface area contributed by atoms with Crippen LogP contribution in [0.1, 0.15) is 66.5 Å². The monoisotopic (exact) mass is 451 g/mol. The predicted molar refractivity (Wildman–Crippen MR) is 113 cm³/mol. The van der Waals surface area contributed by atoms with Crippen molar-refractivity contribution in [2.24, 2.45) is 5.41 Å². The van der Waals surface area contributed by atoms with Crippen molar-refractivity contribution in [2.75, 3.05) is 18.5 Å². The average molecular weight is 451 g/mol. The minimum atomic E-state index is -0.621. The molecule has 3 aliphatic rings. The summed E-state index contributed by atoms with van der Waals surface area (Å²) in [5, 5.41) is 6.84. The van der Waals surface area contributed by atoms with Gasteiger partial charge in [0, 0.05) is 23.2 Å². The maximum absolute atomic E-state index is 13.8. The zero-order valence-corrected chi connectivity index (χ0v) is 18.4. The quantitative estimate of drug-likeness (QED) is 0.597. The number of esters is 1. The van der Waals surface area contributed by atoms with Crippen LogP contribution >= 0.6 is 0 Å². The number of halogens is 1. The van der Waals surface area contributed by atoms with Gasteiger partial charge in [-0.15, -0.1) is 5.10 Å². The van der Waals surface area contributed by atoms with Gasteiger partial charge in [0.2, 0.25) is 11.9 Å². The van der Waals surface area contributed by atoms with Crippen LogP contribution in [-0.2, 0) is 19.7 Å². The number of anilines is 1. The molecule has 33 heavy (non-hydrogen) atoms. The summed E-state index contributed by atoms with van der Waals surface area (Å²) in [5.74, 6) is -1.84. The highest BCUT2D eigenvalue weighted by molar-refractivity contribution is 5.99. The van der Waals surface area contributed by atoms with Crippen LogP contribution in [0.15, 0.2) is 24.5 Å². The standard InChI is InChI=1S/C23H22FN5O4/c1-22(2,3)19-17-12(21(31)33-19)4-11(7-26-17)27-20(30)13-6-23(9-32-10-23)18-14(13)8-25-16-5-15(24)28-29(16)18/h4-5,7-8,13,19H,6,9-10H2,1-3H3,(H,27,30). The second-order valence-electron chi connectivity index (χ2n) is 10.1. The predicted octanol–water partition coefficient (Wildman–Crippen LogP) is 2.92. The highest BCUT2D eigenvalue weighted by atomic mass is 19.1. The summed E-state index contributed by atoms with van der Waals surface area (Å²) < 4.78 is 26.3. The number of pyridine rings is 1. The Hall–Kier alpha value is -3.40.